The van der Waals surface area contributed by atoms with E-state index in [1.807, 2.05) is 38.1 Å². The maximum absolute atomic E-state index is 12.8. The fraction of sp³-hybridized carbons (Fsp3) is 0.619. The highest BCUT2D eigenvalue weighted by Crippen LogP contribution is 2.30. The predicted molar refractivity (Wildman–Crippen MR) is 106 cm³/mol. The molecule has 1 aromatic carbocycles. The van der Waals surface area contributed by atoms with E-state index in [4.69, 9.17) is 0 Å². The molecule has 26 heavy (non-hydrogen) atoms. The van der Waals surface area contributed by atoms with Crippen LogP contribution in [0, 0.1) is 0 Å². The van der Waals surface area contributed by atoms with Gasteiger partial charge >= 0.3 is 0 Å². The van der Waals surface area contributed by atoms with E-state index in [-0.39, 0.29) is 23.4 Å². The van der Waals surface area contributed by atoms with Crippen molar-refractivity contribution in [2.75, 3.05) is 18.9 Å². The van der Waals surface area contributed by atoms with Crippen LogP contribution in [0.25, 0.3) is 0 Å². The highest BCUT2D eigenvalue weighted by atomic mass is 16.2. The number of amides is 2. The van der Waals surface area contributed by atoms with Gasteiger partial charge in [-0.1, -0.05) is 19.1 Å². The summed E-state index contributed by atoms with van der Waals surface area (Å²) >= 11 is 0. The second-order valence-corrected chi connectivity index (χ2v) is 8.29. The predicted octanol–water partition coefficient (Wildman–Crippen LogP) is 3.30. The molecule has 5 heteroatoms. The first-order chi connectivity index (χ1) is 12.1. The van der Waals surface area contributed by atoms with Crippen LogP contribution in [0.15, 0.2) is 24.3 Å². The Morgan fingerprint density at radius 3 is 2.31 bits per heavy atom. The number of nitrogens with one attached hydrogen (secondary N) is 2. The van der Waals surface area contributed by atoms with Gasteiger partial charge < -0.3 is 10.6 Å². The molecular weight excluding hydrogens is 326 g/mol. The number of anilines is 1. The summed E-state index contributed by atoms with van der Waals surface area (Å²) in [5.41, 5.74) is 1.11. The van der Waals surface area contributed by atoms with E-state index in [1.165, 1.54) is 0 Å². The molecule has 0 bridgehead atoms. The molecule has 0 radical (unpaired) electrons. The molecule has 2 N–H and O–H groups in total. The first-order valence-corrected chi connectivity index (χ1v) is 9.54. The molecule has 1 aliphatic rings. The number of likely N-dealkylation sites (tertiary alicyclic amines) is 1. The molecule has 144 valence electrons. The Bertz CT molecular complexity index is 650. The van der Waals surface area contributed by atoms with E-state index >= 15 is 0 Å². The lowest BCUT2D eigenvalue weighted by atomic mass is 9.83. The largest absolute Gasteiger partial charge is 0.358 e. The molecule has 1 atom stereocenters. The lowest BCUT2D eigenvalue weighted by Crippen LogP contribution is -2.50. The quantitative estimate of drug-likeness (QED) is 0.819. The van der Waals surface area contributed by atoms with E-state index in [2.05, 4.69) is 36.3 Å². The van der Waals surface area contributed by atoms with Crippen molar-refractivity contribution in [2.24, 2.45) is 0 Å². The monoisotopic (exact) mass is 359 g/mol. The number of hydrogen-bond acceptors (Lipinski definition) is 3. The molecule has 1 aromatic rings. The summed E-state index contributed by atoms with van der Waals surface area (Å²) in [6.07, 6.45) is 2.97. The zero-order valence-corrected chi connectivity index (χ0v) is 17.0. The molecule has 0 aliphatic carbocycles. The van der Waals surface area contributed by atoms with Crippen molar-refractivity contribution in [1.82, 2.24) is 10.2 Å². The van der Waals surface area contributed by atoms with Crippen molar-refractivity contribution in [3.05, 3.63) is 29.8 Å². The van der Waals surface area contributed by atoms with Gasteiger partial charge in [-0.25, -0.2) is 0 Å². The minimum atomic E-state index is -0.606. The molecule has 0 spiro atoms. The topological polar surface area (TPSA) is 61.4 Å². The van der Waals surface area contributed by atoms with Crippen LogP contribution in [0.2, 0.25) is 0 Å². The third-order valence-electron chi connectivity index (χ3n) is 5.87. The zero-order valence-electron chi connectivity index (χ0n) is 17.0. The summed E-state index contributed by atoms with van der Waals surface area (Å²) in [7, 11) is 1.64. The number of carbonyl (C=O) groups excluding carboxylic acids is 2. The Balaban J connectivity index is 2.09. The highest BCUT2D eigenvalue weighted by Gasteiger charge is 2.38. The van der Waals surface area contributed by atoms with Crippen LogP contribution in [0.5, 0.6) is 0 Å². The smallest absolute Gasteiger partial charge is 0.241 e. The second-order valence-electron chi connectivity index (χ2n) is 8.29. The van der Waals surface area contributed by atoms with Gasteiger partial charge in [0.15, 0.2) is 0 Å². The van der Waals surface area contributed by atoms with Crippen LogP contribution in [0.4, 0.5) is 5.69 Å². The summed E-state index contributed by atoms with van der Waals surface area (Å²) in [5.74, 6) is 0.0278. The van der Waals surface area contributed by atoms with E-state index < -0.39 is 5.41 Å². The van der Waals surface area contributed by atoms with E-state index in [1.54, 1.807) is 7.05 Å². The molecule has 0 saturated carbocycles. The van der Waals surface area contributed by atoms with Gasteiger partial charge in [-0.15, -0.1) is 0 Å². The summed E-state index contributed by atoms with van der Waals surface area (Å²) in [5, 5.41) is 5.75. The number of nitrogens with zero attached hydrogens (tertiary/aromatic N) is 1. The number of rotatable bonds is 6. The third-order valence-corrected chi connectivity index (χ3v) is 5.87. The fourth-order valence-corrected chi connectivity index (χ4v) is 3.61. The van der Waals surface area contributed by atoms with E-state index in [0.29, 0.717) is 0 Å². The second kappa shape index (κ2) is 7.78. The molecule has 1 heterocycles. The average molecular weight is 360 g/mol. The van der Waals surface area contributed by atoms with E-state index in [9.17, 15) is 9.59 Å². The van der Waals surface area contributed by atoms with Crippen LogP contribution >= 0.6 is 0 Å². The number of benzene rings is 1. The van der Waals surface area contributed by atoms with Crippen molar-refractivity contribution >= 4 is 17.5 Å². The van der Waals surface area contributed by atoms with E-state index in [0.717, 1.165) is 37.1 Å². The van der Waals surface area contributed by atoms with Crippen LogP contribution in [0.3, 0.4) is 0 Å². The number of hydrogen-bond donors (Lipinski definition) is 2. The van der Waals surface area contributed by atoms with Crippen LogP contribution < -0.4 is 10.6 Å². The standard InChI is InChI=1S/C21H33N3O2/c1-7-20(2,3)24-14-8-9-17(24)18(25)23-16-12-10-15(11-13-16)21(4,5)19(26)22-6/h10-13,17H,7-9,14H2,1-6H3,(H,22,26)(H,23,25). The average Bonchev–Trinajstić information content (AvgIpc) is 3.12. The van der Waals surface area contributed by atoms with Gasteiger partial charge in [0.05, 0.1) is 11.5 Å². The first kappa shape index (κ1) is 20.4. The summed E-state index contributed by atoms with van der Waals surface area (Å²) in [6.45, 7) is 11.3. The summed E-state index contributed by atoms with van der Waals surface area (Å²) in [6, 6.07) is 7.50. The Labute approximate surface area is 157 Å². The molecule has 2 amide bonds. The van der Waals surface area contributed by atoms with Gasteiger partial charge in [0.25, 0.3) is 0 Å². The third kappa shape index (κ3) is 4.09. The van der Waals surface area contributed by atoms with Gasteiger partial charge in [0.2, 0.25) is 11.8 Å². The van der Waals surface area contributed by atoms with Gasteiger partial charge in [-0.05, 0) is 71.2 Å². The van der Waals surface area contributed by atoms with Gasteiger partial charge in [0, 0.05) is 18.3 Å². The van der Waals surface area contributed by atoms with Crippen molar-refractivity contribution in [2.45, 2.75) is 70.9 Å². The van der Waals surface area contributed by atoms with Crippen molar-refractivity contribution in [1.29, 1.82) is 0 Å². The highest BCUT2D eigenvalue weighted by molar-refractivity contribution is 5.95. The SMILES string of the molecule is CCC(C)(C)N1CCCC1C(=O)Nc1ccc(C(C)(C)C(=O)NC)cc1. The molecule has 0 aromatic heterocycles. The summed E-state index contributed by atoms with van der Waals surface area (Å²) in [4.78, 5) is 27.2. The Hall–Kier alpha value is -1.88. The van der Waals surface area contributed by atoms with Crippen molar-refractivity contribution in [3.8, 4) is 0 Å². The Morgan fingerprint density at radius 1 is 1.15 bits per heavy atom. The molecule has 1 aliphatic heterocycles. The first-order valence-electron chi connectivity index (χ1n) is 9.54. The Kier molecular flexibility index (Phi) is 6.12. The minimum Gasteiger partial charge on any atom is -0.358 e. The maximum Gasteiger partial charge on any atom is 0.241 e. The molecule has 1 unspecified atom stereocenters. The van der Waals surface area contributed by atoms with Gasteiger partial charge in [-0.2, -0.15) is 0 Å². The lowest BCUT2D eigenvalue weighted by molar-refractivity contribution is -0.125. The van der Waals surface area contributed by atoms with Crippen LogP contribution in [0.1, 0.15) is 59.4 Å². The lowest BCUT2D eigenvalue weighted by Gasteiger charge is -2.38. The maximum atomic E-state index is 12.8. The molecular formula is C21H33N3O2. The van der Waals surface area contributed by atoms with Crippen molar-refractivity contribution in [3.63, 3.8) is 0 Å². The van der Waals surface area contributed by atoms with Gasteiger partial charge in [0.1, 0.15) is 0 Å². The fourth-order valence-electron chi connectivity index (χ4n) is 3.61. The molecule has 1 saturated heterocycles. The van der Waals surface area contributed by atoms with Crippen LogP contribution in [-0.4, -0.2) is 41.9 Å². The minimum absolute atomic E-state index is 0.0277. The number of carbonyl (C=O) groups is 2. The molecule has 2 rings (SSSR count). The zero-order chi connectivity index (χ0) is 19.5. The number of likely N-dealkylation sites (N-methyl/N-ethyl adjacent to an activating group) is 1. The Morgan fingerprint density at radius 2 is 1.77 bits per heavy atom. The van der Waals surface area contributed by atoms with Gasteiger partial charge in [-0.3, -0.25) is 14.5 Å². The molecule has 5 nitrogen and oxygen atoms in total. The van der Waals surface area contributed by atoms with Crippen LogP contribution in [-0.2, 0) is 15.0 Å². The van der Waals surface area contributed by atoms with Crippen molar-refractivity contribution < 1.29 is 9.59 Å². The summed E-state index contributed by atoms with van der Waals surface area (Å²) < 4.78 is 0. The molecule has 1 fully saturated rings. The normalized spacial score (nSPS) is 18.6.